The van der Waals surface area contributed by atoms with E-state index in [4.69, 9.17) is 10.5 Å². The number of nitrogens with zero attached hydrogens (tertiary/aromatic N) is 1. The maximum Gasteiger partial charge on any atom is 0.311 e. The fraction of sp³-hybridized carbons (Fsp3) is 0.462. The summed E-state index contributed by atoms with van der Waals surface area (Å²) in [7, 11) is 1.34. The van der Waals surface area contributed by atoms with Crippen molar-refractivity contribution in [2.75, 3.05) is 13.7 Å². The average Bonchev–Trinajstić information content (AvgIpc) is 2.41. The van der Waals surface area contributed by atoms with Crippen molar-refractivity contribution in [3.05, 3.63) is 33.9 Å². The lowest BCUT2D eigenvalue weighted by Gasteiger charge is -2.38. The number of carbonyl (C=O) groups is 1. The Balaban J connectivity index is 0.00000220. The van der Waals surface area contributed by atoms with E-state index < -0.39 is 4.92 Å². The van der Waals surface area contributed by atoms with Gasteiger partial charge in [0.2, 0.25) is 0 Å². The maximum atomic E-state index is 12.0. The third kappa shape index (κ3) is 3.83. The van der Waals surface area contributed by atoms with Gasteiger partial charge in [0, 0.05) is 23.7 Å². The molecule has 1 saturated carbocycles. The maximum absolute atomic E-state index is 12.0. The van der Waals surface area contributed by atoms with E-state index in [1.807, 2.05) is 0 Å². The van der Waals surface area contributed by atoms with E-state index in [1.54, 1.807) is 0 Å². The fourth-order valence-electron chi connectivity index (χ4n) is 2.14. The zero-order valence-corrected chi connectivity index (χ0v) is 12.4. The summed E-state index contributed by atoms with van der Waals surface area (Å²) < 4.78 is 4.89. The number of nitro benzene ring substituents is 1. The standard InChI is InChI=1S/C13H17N3O4.ClH/c1-20-11-4-3-9(7-10(11)16(18)19)12(17)15-8-13(14)5-2-6-13;/h3-4,7H,2,5-6,8,14H2,1H3,(H,15,17);1H. The van der Waals surface area contributed by atoms with Crippen LogP contribution in [0.4, 0.5) is 5.69 Å². The first-order valence-electron chi connectivity index (χ1n) is 6.35. The number of ether oxygens (including phenoxy) is 1. The van der Waals surface area contributed by atoms with Crippen molar-refractivity contribution in [1.29, 1.82) is 0 Å². The summed E-state index contributed by atoms with van der Waals surface area (Å²) in [5, 5.41) is 13.6. The van der Waals surface area contributed by atoms with Gasteiger partial charge >= 0.3 is 5.69 Å². The summed E-state index contributed by atoms with van der Waals surface area (Å²) in [4.78, 5) is 22.3. The smallest absolute Gasteiger partial charge is 0.311 e. The normalized spacial score (nSPS) is 15.3. The average molecular weight is 316 g/mol. The molecular formula is C13H18ClN3O4. The van der Waals surface area contributed by atoms with Gasteiger partial charge in [0.15, 0.2) is 5.75 Å². The number of carbonyl (C=O) groups excluding carboxylic acids is 1. The van der Waals surface area contributed by atoms with E-state index in [0.717, 1.165) is 19.3 Å². The van der Waals surface area contributed by atoms with Crippen LogP contribution in [0.5, 0.6) is 5.75 Å². The Labute approximate surface area is 128 Å². The zero-order valence-electron chi connectivity index (χ0n) is 11.6. The molecule has 1 aliphatic rings. The number of nitro groups is 1. The second-order valence-electron chi connectivity index (χ2n) is 5.04. The second kappa shape index (κ2) is 6.73. The number of nitrogens with one attached hydrogen (secondary N) is 1. The summed E-state index contributed by atoms with van der Waals surface area (Å²) >= 11 is 0. The molecule has 116 valence electrons. The lowest BCUT2D eigenvalue weighted by molar-refractivity contribution is -0.385. The van der Waals surface area contributed by atoms with Gasteiger partial charge in [-0.05, 0) is 31.4 Å². The van der Waals surface area contributed by atoms with Crippen molar-refractivity contribution in [1.82, 2.24) is 5.32 Å². The third-order valence-electron chi connectivity index (χ3n) is 3.59. The first-order chi connectivity index (χ1) is 9.45. The van der Waals surface area contributed by atoms with E-state index in [9.17, 15) is 14.9 Å². The number of nitrogens with two attached hydrogens (primary N) is 1. The Kier molecular flexibility index (Phi) is 5.51. The number of halogens is 1. The van der Waals surface area contributed by atoms with Gasteiger partial charge in [-0.25, -0.2) is 0 Å². The Hall–Kier alpha value is -1.86. The Morgan fingerprint density at radius 3 is 2.67 bits per heavy atom. The second-order valence-corrected chi connectivity index (χ2v) is 5.04. The SMILES string of the molecule is COc1ccc(C(=O)NCC2(N)CCC2)cc1[N+](=O)[O-].Cl. The van der Waals surface area contributed by atoms with Crippen molar-refractivity contribution in [2.45, 2.75) is 24.8 Å². The highest BCUT2D eigenvalue weighted by molar-refractivity contribution is 5.95. The third-order valence-corrected chi connectivity index (χ3v) is 3.59. The molecule has 8 heteroatoms. The minimum Gasteiger partial charge on any atom is -0.490 e. The zero-order chi connectivity index (χ0) is 14.8. The predicted molar refractivity (Wildman–Crippen MR) is 80.0 cm³/mol. The van der Waals surface area contributed by atoms with E-state index in [0.29, 0.717) is 6.54 Å². The molecule has 1 aliphatic carbocycles. The van der Waals surface area contributed by atoms with Crippen LogP contribution >= 0.6 is 12.4 Å². The van der Waals surface area contributed by atoms with E-state index in [-0.39, 0.29) is 40.9 Å². The summed E-state index contributed by atoms with van der Waals surface area (Å²) in [6.45, 7) is 0.381. The highest BCUT2D eigenvalue weighted by Crippen LogP contribution is 2.29. The predicted octanol–water partition coefficient (Wildman–Crippen LogP) is 1.64. The van der Waals surface area contributed by atoms with Gasteiger partial charge in [0.1, 0.15) is 0 Å². The molecule has 2 rings (SSSR count). The minimum absolute atomic E-state index is 0. The van der Waals surface area contributed by atoms with Crippen LogP contribution in [0.1, 0.15) is 29.6 Å². The van der Waals surface area contributed by atoms with Gasteiger partial charge in [-0.1, -0.05) is 0 Å². The topological polar surface area (TPSA) is 107 Å². The van der Waals surface area contributed by atoms with Crippen molar-refractivity contribution in [2.24, 2.45) is 5.73 Å². The molecule has 0 spiro atoms. The molecular weight excluding hydrogens is 298 g/mol. The molecule has 1 amide bonds. The van der Waals surface area contributed by atoms with Crippen molar-refractivity contribution >= 4 is 24.0 Å². The number of benzene rings is 1. The van der Waals surface area contributed by atoms with E-state index >= 15 is 0 Å². The van der Waals surface area contributed by atoms with Gasteiger partial charge in [0.25, 0.3) is 5.91 Å². The lowest BCUT2D eigenvalue weighted by Crippen LogP contribution is -2.54. The van der Waals surface area contributed by atoms with Gasteiger partial charge in [-0.3, -0.25) is 14.9 Å². The number of methoxy groups -OCH3 is 1. The van der Waals surface area contributed by atoms with Crippen molar-refractivity contribution in [3.8, 4) is 5.75 Å². The lowest BCUT2D eigenvalue weighted by atomic mass is 9.78. The number of hydrogen-bond donors (Lipinski definition) is 2. The molecule has 0 aromatic heterocycles. The van der Waals surface area contributed by atoms with E-state index in [1.165, 1.54) is 25.3 Å². The van der Waals surface area contributed by atoms with Crippen molar-refractivity contribution in [3.63, 3.8) is 0 Å². The largest absolute Gasteiger partial charge is 0.490 e. The summed E-state index contributed by atoms with van der Waals surface area (Å²) in [6, 6.07) is 4.11. The molecule has 1 aromatic carbocycles. The molecule has 0 radical (unpaired) electrons. The molecule has 0 unspecified atom stereocenters. The molecule has 7 nitrogen and oxygen atoms in total. The van der Waals surface area contributed by atoms with Crippen LogP contribution in [0.3, 0.4) is 0 Å². The molecule has 0 atom stereocenters. The van der Waals surface area contributed by atoms with Gasteiger partial charge in [-0.15, -0.1) is 12.4 Å². The van der Waals surface area contributed by atoms with Crippen molar-refractivity contribution < 1.29 is 14.5 Å². The number of hydrogen-bond acceptors (Lipinski definition) is 5. The Morgan fingerprint density at radius 2 is 2.19 bits per heavy atom. The van der Waals surface area contributed by atoms with E-state index in [2.05, 4.69) is 5.32 Å². The molecule has 0 bridgehead atoms. The van der Waals surface area contributed by atoms with Crippen LogP contribution in [0.25, 0.3) is 0 Å². The van der Waals surface area contributed by atoms with Gasteiger partial charge in [-0.2, -0.15) is 0 Å². The molecule has 0 aliphatic heterocycles. The van der Waals surface area contributed by atoms with Gasteiger partial charge in [0.05, 0.1) is 12.0 Å². The highest BCUT2D eigenvalue weighted by atomic mass is 35.5. The highest BCUT2D eigenvalue weighted by Gasteiger charge is 2.32. The molecule has 1 aromatic rings. The molecule has 3 N–H and O–H groups in total. The molecule has 1 fully saturated rings. The Bertz CT molecular complexity index is 546. The first kappa shape index (κ1) is 17.2. The summed E-state index contributed by atoms with van der Waals surface area (Å²) in [5.74, 6) is -0.242. The van der Waals surface area contributed by atoms with Crippen LogP contribution in [0.2, 0.25) is 0 Å². The van der Waals surface area contributed by atoms with Crippen LogP contribution in [0, 0.1) is 10.1 Å². The summed E-state index contributed by atoms with van der Waals surface area (Å²) in [5.41, 5.74) is 5.68. The quantitative estimate of drug-likeness (QED) is 0.634. The molecule has 0 saturated heterocycles. The van der Waals surface area contributed by atoms with Crippen LogP contribution in [-0.4, -0.2) is 30.0 Å². The Morgan fingerprint density at radius 1 is 1.52 bits per heavy atom. The monoisotopic (exact) mass is 315 g/mol. The number of rotatable bonds is 5. The number of amides is 1. The summed E-state index contributed by atoms with van der Waals surface area (Å²) in [6.07, 6.45) is 2.84. The van der Waals surface area contributed by atoms with Crippen LogP contribution in [-0.2, 0) is 0 Å². The molecule has 0 heterocycles. The van der Waals surface area contributed by atoms with Crippen LogP contribution < -0.4 is 15.8 Å². The fourth-order valence-corrected chi connectivity index (χ4v) is 2.14. The van der Waals surface area contributed by atoms with Gasteiger partial charge < -0.3 is 15.8 Å². The van der Waals surface area contributed by atoms with Crippen LogP contribution in [0.15, 0.2) is 18.2 Å². The molecule has 21 heavy (non-hydrogen) atoms. The first-order valence-corrected chi connectivity index (χ1v) is 6.35. The minimum atomic E-state index is -0.577.